The van der Waals surface area contributed by atoms with Crippen LogP contribution in [0.4, 0.5) is 0 Å². The summed E-state index contributed by atoms with van der Waals surface area (Å²) >= 11 is 12.3. The molecule has 0 aromatic carbocycles. The lowest BCUT2D eigenvalue weighted by molar-refractivity contribution is 0.253. The molecule has 0 spiro atoms. The van der Waals surface area contributed by atoms with Gasteiger partial charge in [0.15, 0.2) is 5.22 Å². The van der Waals surface area contributed by atoms with E-state index in [1.165, 1.54) is 6.42 Å². The maximum atomic E-state index is 6.30. The van der Waals surface area contributed by atoms with Gasteiger partial charge in [-0.3, -0.25) is 0 Å². The lowest BCUT2D eigenvalue weighted by Crippen LogP contribution is -1.91. The Hall–Kier alpha value is 0.550. The van der Waals surface area contributed by atoms with Crippen molar-refractivity contribution in [1.29, 1.82) is 0 Å². The molecule has 1 atom stereocenters. The number of ether oxygens (including phenoxy) is 1. The third-order valence-electron chi connectivity index (χ3n) is 1.83. The minimum Gasteiger partial charge on any atom is -0.483 e. The van der Waals surface area contributed by atoms with Crippen LogP contribution in [0.15, 0.2) is 10.5 Å². The van der Waals surface area contributed by atoms with Gasteiger partial charge in [0, 0.05) is 12.6 Å². The molecular formula is C10H19Cl2OP. The van der Waals surface area contributed by atoms with Gasteiger partial charge in [0.05, 0.1) is 6.61 Å². The Morgan fingerprint density at radius 3 is 2.36 bits per heavy atom. The summed E-state index contributed by atoms with van der Waals surface area (Å²) in [7, 11) is -0.606. The monoisotopic (exact) mass is 256 g/mol. The van der Waals surface area contributed by atoms with Gasteiger partial charge in [0.1, 0.15) is 0 Å². The van der Waals surface area contributed by atoms with Crippen molar-refractivity contribution in [3.8, 4) is 0 Å². The zero-order valence-corrected chi connectivity index (χ0v) is 11.6. The van der Waals surface area contributed by atoms with E-state index in [4.69, 9.17) is 27.6 Å². The first-order chi connectivity index (χ1) is 6.67. The second-order valence-corrected chi connectivity index (χ2v) is 6.23. The number of unbranched alkanes of at least 4 members (excludes halogenated alkanes) is 1. The average Bonchev–Trinajstić information content (AvgIpc) is 2.16. The third kappa shape index (κ3) is 5.44. The van der Waals surface area contributed by atoms with Crippen LogP contribution in [-0.2, 0) is 4.74 Å². The van der Waals surface area contributed by atoms with Crippen molar-refractivity contribution in [3.63, 3.8) is 0 Å². The fraction of sp³-hybridized carbons (Fsp3) is 0.800. The molecular weight excluding hydrogens is 238 g/mol. The number of allylic oxidation sites excluding steroid dienone is 1. The fourth-order valence-electron chi connectivity index (χ4n) is 1.05. The summed E-state index contributed by atoms with van der Waals surface area (Å²) in [5, 5.41) is 1.62. The van der Waals surface area contributed by atoms with E-state index in [1.54, 1.807) is 0 Å². The van der Waals surface area contributed by atoms with Gasteiger partial charge in [0.2, 0.25) is 0 Å². The van der Waals surface area contributed by atoms with E-state index in [-0.39, 0.29) is 0 Å². The molecule has 0 saturated carbocycles. The number of rotatable bonds is 7. The molecule has 1 nitrogen and oxygen atoms in total. The highest BCUT2D eigenvalue weighted by Crippen LogP contribution is 2.53. The van der Waals surface area contributed by atoms with Gasteiger partial charge in [0.25, 0.3) is 0 Å². The van der Waals surface area contributed by atoms with E-state index < -0.39 is 7.27 Å². The Labute approximate surface area is 98.3 Å². The predicted octanol–water partition coefficient (Wildman–Crippen LogP) is 5.28. The average molecular weight is 257 g/mol. The molecule has 0 rings (SSSR count). The van der Waals surface area contributed by atoms with Gasteiger partial charge in [-0.05, 0) is 37.5 Å². The summed E-state index contributed by atoms with van der Waals surface area (Å²) in [5.41, 5.74) is 0. The van der Waals surface area contributed by atoms with Crippen molar-refractivity contribution in [2.45, 2.75) is 40.0 Å². The van der Waals surface area contributed by atoms with Crippen molar-refractivity contribution < 1.29 is 4.74 Å². The molecule has 0 N–H and O–H groups in total. The summed E-state index contributed by atoms with van der Waals surface area (Å²) in [5.74, 6) is 0. The topological polar surface area (TPSA) is 9.23 Å². The molecule has 0 aromatic rings. The first-order valence-electron chi connectivity index (χ1n) is 5.12. The van der Waals surface area contributed by atoms with Crippen molar-refractivity contribution in [1.82, 2.24) is 0 Å². The molecule has 0 heterocycles. The molecule has 0 aliphatic carbocycles. The van der Waals surface area contributed by atoms with E-state index in [2.05, 4.69) is 13.8 Å². The van der Waals surface area contributed by atoms with E-state index in [1.807, 2.05) is 6.92 Å². The highest BCUT2D eigenvalue weighted by atomic mass is 35.7. The van der Waals surface area contributed by atoms with Crippen LogP contribution in [0.25, 0.3) is 0 Å². The Kier molecular flexibility index (Phi) is 9.17. The smallest absolute Gasteiger partial charge is 0.191 e. The van der Waals surface area contributed by atoms with Crippen LogP contribution in [0, 0.1) is 0 Å². The third-order valence-corrected chi connectivity index (χ3v) is 5.24. The predicted molar refractivity (Wildman–Crippen MR) is 67.3 cm³/mol. The Balaban J connectivity index is 4.29. The van der Waals surface area contributed by atoms with Crippen molar-refractivity contribution in [2.24, 2.45) is 0 Å². The summed E-state index contributed by atoms with van der Waals surface area (Å²) in [6.07, 6.45) is 4.27. The van der Waals surface area contributed by atoms with Crippen molar-refractivity contribution in [3.05, 3.63) is 10.5 Å². The second kappa shape index (κ2) is 8.83. The van der Waals surface area contributed by atoms with E-state index >= 15 is 0 Å². The lowest BCUT2D eigenvalue weighted by Gasteiger charge is -2.14. The molecule has 0 radical (unpaired) electrons. The maximum Gasteiger partial charge on any atom is 0.191 e. The maximum absolute atomic E-state index is 6.30. The van der Waals surface area contributed by atoms with Crippen molar-refractivity contribution >= 4 is 30.1 Å². The van der Waals surface area contributed by atoms with Crippen molar-refractivity contribution in [2.75, 3.05) is 12.8 Å². The first-order valence-corrected chi connectivity index (χ1v) is 7.93. The molecule has 0 aliphatic heterocycles. The molecule has 0 fully saturated rings. The molecule has 14 heavy (non-hydrogen) atoms. The molecule has 84 valence electrons. The van der Waals surface area contributed by atoms with Crippen LogP contribution in [0.5, 0.6) is 0 Å². The molecule has 0 saturated heterocycles. The van der Waals surface area contributed by atoms with Crippen LogP contribution in [-0.4, -0.2) is 12.8 Å². The molecule has 0 amide bonds. The summed E-state index contributed by atoms with van der Waals surface area (Å²) < 4.78 is 5.27. The van der Waals surface area contributed by atoms with Gasteiger partial charge < -0.3 is 4.74 Å². The van der Waals surface area contributed by atoms with Crippen LogP contribution < -0.4 is 0 Å². The number of halogens is 2. The van der Waals surface area contributed by atoms with Gasteiger partial charge in [-0.15, -0.1) is 0 Å². The normalized spacial score (nSPS) is 14.9. The zero-order chi connectivity index (χ0) is 11.0. The van der Waals surface area contributed by atoms with Gasteiger partial charge >= 0.3 is 0 Å². The Morgan fingerprint density at radius 2 is 1.93 bits per heavy atom. The highest BCUT2D eigenvalue weighted by molar-refractivity contribution is 7.87. The van der Waals surface area contributed by atoms with Gasteiger partial charge in [-0.1, -0.05) is 31.5 Å². The van der Waals surface area contributed by atoms with Gasteiger partial charge in [-0.25, -0.2) is 0 Å². The van der Waals surface area contributed by atoms with E-state index in [0.29, 0.717) is 11.8 Å². The zero-order valence-electron chi connectivity index (χ0n) is 9.15. The number of hydrogen-bond donors (Lipinski definition) is 0. The number of hydrogen-bond acceptors (Lipinski definition) is 1. The Morgan fingerprint density at radius 1 is 1.29 bits per heavy atom. The molecule has 0 aliphatic rings. The van der Waals surface area contributed by atoms with Gasteiger partial charge in [-0.2, -0.15) is 0 Å². The molecule has 0 aromatic heterocycles. The molecule has 4 heteroatoms. The van der Waals surface area contributed by atoms with Crippen LogP contribution in [0.2, 0.25) is 0 Å². The summed E-state index contributed by atoms with van der Waals surface area (Å²) in [4.78, 5) is 0. The Bertz CT molecular complexity index is 183. The minimum absolute atomic E-state index is 0.521. The SMILES string of the molecule is CCCCP(Cl)/C(CC)=C(/Cl)OCC. The lowest BCUT2D eigenvalue weighted by atomic mass is 10.4. The largest absolute Gasteiger partial charge is 0.483 e. The second-order valence-electron chi connectivity index (χ2n) is 2.95. The first kappa shape index (κ1) is 14.6. The van der Waals surface area contributed by atoms with E-state index in [9.17, 15) is 0 Å². The minimum atomic E-state index is -0.606. The highest BCUT2D eigenvalue weighted by Gasteiger charge is 2.14. The standard InChI is InChI=1S/C10H19Cl2OP/c1-4-7-8-14(12)9(5-2)10(11)13-6-3/h4-8H2,1-3H3/b10-9-. The van der Waals surface area contributed by atoms with Crippen LogP contribution in [0.3, 0.4) is 0 Å². The molecule has 0 bridgehead atoms. The summed E-state index contributed by atoms with van der Waals surface area (Å²) in [6, 6.07) is 0. The van der Waals surface area contributed by atoms with E-state index in [0.717, 1.165) is 24.3 Å². The fourth-order valence-corrected chi connectivity index (χ4v) is 4.14. The van der Waals surface area contributed by atoms with Crippen LogP contribution >= 0.6 is 30.1 Å². The molecule has 1 unspecified atom stereocenters. The van der Waals surface area contributed by atoms with Crippen LogP contribution in [0.1, 0.15) is 40.0 Å². The quantitative estimate of drug-likeness (QED) is 0.445. The summed E-state index contributed by atoms with van der Waals surface area (Å²) in [6.45, 7) is 6.77.